The highest BCUT2D eigenvalue weighted by Crippen LogP contribution is 2.27. The van der Waals surface area contributed by atoms with Crippen molar-refractivity contribution in [2.45, 2.75) is 19.0 Å². The van der Waals surface area contributed by atoms with Crippen LogP contribution >= 0.6 is 0 Å². The Balaban J connectivity index is 1.52. The van der Waals surface area contributed by atoms with Crippen LogP contribution in [0.5, 0.6) is 5.75 Å². The molecule has 0 bridgehead atoms. The summed E-state index contributed by atoms with van der Waals surface area (Å²) in [5.41, 5.74) is 2.66. The summed E-state index contributed by atoms with van der Waals surface area (Å²) in [6, 6.07) is 14.2. The van der Waals surface area contributed by atoms with E-state index in [1.54, 1.807) is 23.9 Å². The molecular formula is C26H26FN5O4. The standard InChI is InChI=1S/C26H26FN5O4/c1-35-16-20(18-8-6-17(7-9-18)15-32-12-4-3-5-23(32)33)25-19(13-30-31-25)26(34)29-14-21-24(27)22(36-2)10-11-28-21/h3-13,20H,14-16H2,1-2H3,(H,29,34)(H,30,31). The zero-order valence-corrected chi connectivity index (χ0v) is 19.9. The molecule has 0 fully saturated rings. The molecular weight excluding hydrogens is 465 g/mol. The van der Waals surface area contributed by atoms with Crippen molar-refractivity contribution in [3.63, 3.8) is 0 Å². The Hall–Kier alpha value is -4.31. The lowest BCUT2D eigenvalue weighted by Gasteiger charge is -2.17. The Bertz CT molecular complexity index is 1380. The highest BCUT2D eigenvalue weighted by atomic mass is 19.1. The van der Waals surface area contributed by atoms with Gasteiger partial charge in [-0.1, -0.05) is 30.3 Å². The molecule has 0 aliphatic rings. The smallest absolute Gasteiger partial charge is 0.255 e. The summed E-state index contributed by atoms with van der Waals surface area (Å²) >= 11 is 0. The third-order valence-corrected chi connectivity index (χ3v) is 5.77. The second kappa shape index (κ2) is 11.4. The summed E-state index contributed by atoms with van der Waals surface area (Å²) < 4.78 is 26.4. The van der Waals surface area contributed by atoms with Gasteiger partial charge in [-0.3, -0.25) is 19.7 Å². The minimum absolute atomic E-state index is 0.0546. The predicted molar refractivity (Wildman–Crippen MR) is 130 cm³/mol. The highest BCUT2D eigenvalue weighted by Gasteiger charge is 2.24. The number of nitrogens with zero attached hydrogens (tertiary/aromatic N) is 3. The minimum Gasteiger partial charge on any atom is -0.494 e. The molecule has 36 heavy (non-hydrogen) atoms. The number of nitrogens with one attached hydrogen (secondary N) is 2. The van der Waals surface area contributed by atoms with Crippen LogP contribution in [0.15, 0.2) is 71.9 Å². The van der Waals surface area contributed by atoms with Crippen LogP contribution in [0.4, 0.5) is 4.39 Å². The summed E-state index contributed by atoms with van der Waals surface area (Å²) in [4.78, 5) is 29.0. The van der Waals surface area contributed by atoms with Crippen LogP contribution in [-0.4, -0.2) is 46.5 Å². The lowest BCUT2D eigenvalue weighted by Crippen LogP contribution is -2.25. The quantitative estimate of drug-likeness (QED) is 0.353. The third kappa shape index (κ3) is 5.49. The SMILES string of the molecule is COCC(c1ccc(Cn2ccccc2=O)cc1)c1n[nH]cc1C(=O)NCc1nccc(OC)c1F. The molecule has 0 saturated heterocycles. The zero-order valence-electron chi connectivity index (χ0n) is 19.9. The van der Waals surface area contributed by atoms with Gasteiger partial charge in [-0.2, -0.15) is 5.10 Å². The summed E-state index contributed by atoms with van der Waals surface area (Å²) in [6.07, 6.45) is 4.66. The molecule has 3 heterocycles. The Morgan fingerprint density at radius 3 is 2.69 bits per heavy atom. The number of hydrogen-bond acceptors (Lipinski definition) is 6. The number of carbonyl (C=O) groups is 1. The number of aromatic nitrogens is 4. The van der Waals surface area contributed by atoms with Crippen molar-refractivity contribution < 1.29 is 18.7 Å². The molecule has 0 aliphatic carbocycles. The van der Waals surface area contributed by atoms with Crippen molar-refractivity contribution >= 4 is 5.91 Å². The Morgan fingerprint density at radius 2 is 1.97 bits per heavy atom. The van der Waals surface area contributed by atoms with Gasteiger partial charge >= 0.3 is 0 Å². The largest absolute Gasteiger partial charge is 0.494 e. The lowest BCUT2D eigenvalue weighted by molar-refractivity contribution is 0.0948. The molecule has 1 aromatic carbocycles. The molecule has 2 N–H and O–H groups in total. The van der Waals surface area contributed by atoms with Crippen molar-refractivity contribution in [2.75, 3.05) is 20.8 Å². The molecule has 1 amide bonds. The predicted octanol–water partition coefficient (Wildman–Crippen LogP) is 2.87. The van der Waals surface area contributed by atoms with Crippen molar-refractivity contribution in [3.05, 3.63) is 111 Å². The Morgan fingerprint density at radius 1 is 1.17 bits per heavy atom. The van der Waals surface area contributed by atoms with Gasteiger partial charge in [-0.25, -0.2) is 4.39 Å². The molecule has 10 heteroatoms. The van der Waals surface area contributed by atoms with Crippen LogP contribution in [0.2, 0.25) is 0 Å². The molecule has 9 nitrogen and oxygen atoms in total. The van der Waals surface area contributed by atoms with E-state index in [9.17, 15) is 14.0 Å². The minimum atomic E-state index is -0.622. The monoisotopic (exact) mass is 491 g/mol. The van der Waals surface area contributed by atoms with Crippen molar-refractivity contribution in [3.8, 4) is 5.75 Å². The molecule has 0 spiro atoms. The molecule has 1 atom stereocenters. The molecule has 0 saturated carbocycles. The van der Waals surface area contributed by atoms with Crippen LogP contribution in [0.3, 0.4) is 0 Å². The second-order valence-electron chi connectivity index (χ2n) is 8.06. The number of hydrogen-bond donors (Lipinski definition) is 2. The Kier molecular flexibility index (Phi) is 7.86. The zero-order chi connectivity index (χ0) is 25.5. The van der Waals surface area contributed by atoms with E-state index in [1.807, 2.05) is 30.3 Å². The van der Waals surface area contributed by atoms with Gasteiger partial charge in [0.1, 0.15) is 0 Å². The van der Waals surface area contributed by atoms with Crippen molar-refractivity contribution in [1.29, 1.82) is 0 Å². The number of methoxy groups -OCH3 is 2. The number of amides is 1. The first-order valence-electron chi connectivity index (χ1n) is 11.2. The van der Waals surface area contributed by atoms with Gasteiger partial charge in [0.15, 0.2) is 11.6 Å². The van der Waals surface area contributed by atoms with E-state index in [-0.39, 0.29) is 36.1 Å². The summed E-state index contributed by atoms with van der Waals surface area (Å²) in [5, 5.41) is 9.76. The van der Waals surface area contributed by atoms with E-state index >= 15 is 0 Å². The second-order valence-corrected chi connectivity index (χ2v) is 8.06. The lowest BCUT2D eigenvalue weighted by atomic mass is 9.93. The summed E-state index contributed by atoms with van der Waals surface area (Å²) in [7, 11) is 2.94. The number of pyridine rings is 2. The van der Waals surface area contributed by atoms with Gasteiger partial charge in [-0.15, -0.1) is 0 Å². The molecule has 4 rings (SSSR count). The molecule has 0 radical (unpaired) electrons. The molecule has 4 aromatic rings. The van der Waals surface area contributed by atoms with E-state index in [0.29, 0.717) is 17.8 Å². The number of rotatable bonds is 10. The number of ether oxygens (including phenoxy) is 2. The number of H-pyrrole nitrogens is 1. The maximum atomic E-state index is 14.4. The van der Waals surface area contributed by atoms with Gasteiger partial charge in [0.2, 0.25) is 0 Å². The number of halogens is 1. The fraction of sp³-hybridized carbons (Fsp3) is 0.231. The van der Waals surface area contributed by atoms with Crippen LogP contribution in [0, 0.1) is 5.82 Å². The molecule has 1 unspecified atom stereocenters. The molecule has 186 valence electrons. The summed E-state index contributed by atoms with van der Waals surface area (Å²) in [5.74, 6) is -1.33. The Labute approximate surface area is 206 Å². The van der Waals surface area contributed by atoms with E-state index in [4.69, 9.17) is 9.47 Å². The normalized spacial score (nSPS) is 11.8. The van der Waals surface area contributed by atoms with Gasteiger partial charge in [0, 0.05) is 37.8 Å². The van der Waals surface area contributed by atoms with E-state index in [1.165, 1.54) is 31.6 Å². The van der Waals surface area contributed by atoms with Gasteiger partial charge < -0.3 is 19.4 Å². The highest BCUT2D eigenvalue weighted by molar-refractivity contribution is 5.95. The first-order valence-corrected chi connectivity index (χ1v) is 11.2. The fourth-order valence-electron chi connectivity index (χ4n) is 3.90. The fourth-order valence-corrected chi connectivity index (χ4v) is 3.90. The van der Waals surface area contributed by atoms with E-state index in [0.717, 1.165) is 11.1 Å². The first kappa shape index (κ1) is 24.8. The maximum Gasteiger partial charge on any atom is 0.255 e. The van der Waals surface area contributed by atoms with Crippen LogP contribution in [0.1, 0.15) is 38.8 Å². The van der Waals surface area contributed by atoms with Gasteiger partial charge in [-0.05, 0) is 17.2 Å². The molecule has 3 aromatic heterocycles. The van der Waals surface area contributed by atoms with Crippen LogP contribution in [0.25, 0.3) is 0 Å². The van der Waals surface area contributed by atoms with Crippen molar-refractivity contribution in [1.82, 2.24) is 25.1 Å². The van der Waals surface area contributed by atoms with E-state index < -0.39 is 11.7 Å². The average molecular weight is 492 g/mol. The number of aromatic amines is 1. The average Bonchev–Trinajstić information content (AvgIpc) is 3.38. The van der Waals surface area contributed by atoms with Crippen molar-refractivity contribution in [2.24, 2.45) is 0 Å². The molecule has 0 aliphatic heterocycles. The summed E-state index contributed by atoms with van der Waals surface area (Å²) in [6.45, 7) is 0.615. The van der Waals surface area contributed by atoms with Crippen LogP contribution in [-0.2, 0) is 17.8 Å². The van der Waals surface area contributed by atoms with Gasteiger partial charge in [0.05, 0.1) is 49.7 Å². The number of carbonyl (C=O) groups excluding carboxylic acids is 1. The first-order chi connectivity index (χ1) is 17.5. The third-order valence-electron chi connectivity index (χ3n) is 5.77. The number of benzene rings is 1. The maximum absolute atomic E-state index is 14.4. The topological polar surface area (TPSA) is 111 Å². The van der Waals surface area contributed by atoms with E-state index in [2.05, 4.69) is 20.5 Å². The van der Waals surface area contributed by atoms with Crippen LogP contribution < -0.4 is 15.6 Å². The van der Waals surface area contributed by atoms with Gasteiger partial charge in [0.25, 0.3) is 11.5 Å².